The molecule has 3 fully saturated rings. The van der Waals surface area contributed by atoms with E-state index in [1.807, 2.05) is 48.7 Å². The van der Waals surface area contributed by atoms with Crippen molar-refractivity contribution in [2.75, 3.05) is 18.4 Å². The van der Waals surface area contributed by atoms with Gasteiger partial charge in [0, 0.05) is 27.7 Å². The van der Waals surface area contributed by atoms with Crippen molar-refractivity contribution in [2.45, 2.75) is 31.4 Å². The Morgan fingerprint density at radius 1 is 1.13 bits per heavy atom. The van der Waals surface area contributed by atoms with Crippen LogP contribution in [0.5, 0.6) is 0 Å². The van der Waals surface area contributed by atoms with E-state index >= 15 is 0 Å². The van der Waals surface area contributed by atoms with Crippen molar-refractivity contribution in [1.29, 1.82) is 0 Å². The molecule has 4 heterocycles. The summed E-state index contributed by atoms with van der Waals surface area (Å²) in [6.45, 7) is 2.15. The molecule has 3 aliphatic heterocycles. The Labute approximate surface area is 184 Å². The molecule has 6 rings (SSSR count). The van der Waals surface area contributed by atoms with E-state index < -0.39 is 0 Å². The van der Waals surface area contributed by atoms with Crippen LogP contribution in [0.15, 0.2) is 65.3 Å². The number of hydrogen-bond donors (Lipinski definition) is 1. The first-order chi connectivity index (χ1) is 14.7. The fraction of sp³-hybridized carbons (Fsp3) is 0.333. The Kier molecular flexibility index (Phi) is 5.44. The van der Waals surface area contributed by atoms with Crippen molar-refractivity contribution in [2.24, 2.45) is 5.92 Å². The molecular weight excluding hydrogens is 442 g/mol. The number of amides is 1. The smallest absolute Gasteiger partial charge is 0.411 e. The fourth-order valence-corrected chi connectivity index (χ4v) is 5.06. The lowest BCUT2D eigenvalue weighted by atomic mass is 9.78. The third kappa shape index (κ3) is 4.07. The SMILES string of the molecule is O=C(Nc1ccc(Br)cc1)O[C@@H]1C2CCN(CC2)[C@@H]1Cc1cnc2ccccc2c1. The van der Waals surface area contributed by atoms with Crippen LogP contribution in [-0.4, -0.2) is 41.2 Å². The highest BCUT2D eigenvalue weighted by atomic mass is 79.9. The van der Waals surface area contributed by atoms with Crippen LogP contribution in [0.4, 0.5) is 10.5 Å². The summed E-state index contributed by atoms with van der Waals surface area (Å²) in [5.74, 6) is 0.420. The molecule has 2 bridgehead atoms. The number of benzene rings is 2. The van der Waals surface area contributed by atoms with E-state index in [2.05, 4.69) is 43.3 Å². The molecule has 3 aliphatic rings. The summed E-state index contributed by atoms with van der Waals surface area (Å²) in [7, 11) is 0. The number of ether oxygens (including phenoxy) is 1. The van der Waals surface area contributed by atoms with Gasteiger partial charge in [0.25, 0.3) is 0 Å². The Bertz CT molecular complexity index is 1050. The standard InChI is InChI=1S/C24H24BrN3O2/c25-19-5-7-20(8-6-19)27-24(29)30-23-17-9-11-28(12-10-17)22(23)14-16-13-18-3-1-2-4-21(18)26-15-16/h1-8,13,15,17,22-23H,9-12,14H2,(H,27,29)/t22-,23-/m1/s1. The number of anilines is 1. The maximum absolute atomic E-state index is 12.6. The van der Waals surface area contributed by atoms with E-state index in [0.717, 1.165) is 53.4 Å². The highest BCUT2D eigenvalue weighted by Gasteiger charge is 2.44. The highest BCUT2D eigenvalue weighted by Crippen LogP contribution is 2.36. The molecule has 2 atom stereocenters. The molecule has 0 aliphatic carbocycles. The zero-order chi connectivity index (χ0) is 20.5. The average molecular weight is 466 g/mol. The normalized spacial score (nSPS) is 25.2. The summed E-state index contributed by atoms with van der Waals surface area (Å²) in [6.07, 6.45) is 4.49. The second kappa shape index (κ2) is 8.36. The van der Waals surface area contributed by atoms with Gasteiger partial charge < -0.3 is 4.74 Å². The number of carbonyl (C=O) groups is 1. The van der Waals surface area contributed by atoms with Crippen molar-refractivity contribution >= 4 is 38.6 Å². The number of piperidine rings is 3. The van der Waals surface area contributed by atoms with Gasteiger partial charge in [0.15, 0.2) is 0 Å². The monoisotopic (exact) mass is 465 g/mol. The fourth-order valence-electron chi connectivity index (χ4n) is 4.80. The van der Waals surface area contributed by atoms with E-state index in [0.29, 0.717) is 5.92 Å². The van der Waals surface area contributed by atoms with Crippen LogP contribution in [0, 0.1) is 5.92 Å². The molecule has 1 N–H and O–H groups in total. The maximum Gasteiger partial charge on any atom is 0.411 e. The van der Waals surface area contributed by atoms with Crippen molar-refractivity contribution in [3.63, 3.8) is 0 Å². The minimum absolute atomic E-state index is 0.102. The van der Waals surface area contributed by atoms with Crippen molar-refractivity contribution in [1.82, 2.24) is 9.88 Å². The van der Waals surface area contributed by atoms with Gasteiger partial charge >= 0.3 is 6.09 Å². The number of halogens is 1. The molecule has 1 aromatic heterocycles. The van der Waals surface area contributed by atoms with Gasteiger partial charge in [-0.05, 0) is 74.3 Å². The summed E-state index contributed by atoms with van der Waals surface area (Å²) in [4.78, 5) is 19.7. The number of pyridine rings is 1. The Hall–Kier alpha value is -2.44. The van der Waals surface area contributed by atoms with E-state index in [-0.39, 0.29) is 18.2 Å². The van der Waals surface area contributed by atoms with Crippen LogP contribution in [0.25, 0.3) is 10.9 Å². The molecule has 5 nitrogen and oxygen atoms in total. The third-order valence-electron chi connectivity index (χ3n) is 6.31. The summed E-state index contributed by atoms with van der Waals surface area (Å²) in [5, 5.41) is 4.02. The molecule has 2 aromatic carbocycles. The molecular formula is C24H24BrN3O2. The Morgan fingerprint density at radius 3 is 2.70 bits per heavy atom. The topological polar surface area (TPSA) is 54.5 Å². The number of aromatic nitrogens is 1. The largest absolute Gasteiger partial charge is 0.444 e. The van der Waals surface area contributed by atoms with Gasteiger partial charge in [-0.15, -0.1) is 0 Å². The Balaban J connectivity index is 1.32. The van der Waals surface area contributed by atoms with Crippen LogP contribution >= 0.6 is 15.9 Å². The van der Waals surface area contributed by atoms with Crippen LogP contribution in [-0.2, 0) is 11.2 Å². The van der Waals surface area contributed by atoms with Crippen LogP contribution in [0.2, 0.25) is 0 Å². The van der Waals surface area contributed by atoms with Crippen LogP contribution in [0.3, 0.4) is 0 Å². The second-order valence-corrected chi connectivity index (χ2v) is 9.10. The average Bonchev–Trinajstić information content (AvgIpc) is 2.77. The van der Waals surface area contributed by atoms with Crippen molar-refractivity contribution in [3.05, 3.63) is 70.8 Å². The summed E-state index contributed by atoms with van der Waals surface area (Å²) >= 11 is 3.41. The van der Waals surface area contributed by atoms with Gasteiger partial charge in [0.05, 0.1) is 11.6 Å². The number of carbonyl (C=O) groups excluding carboxylic acids is 1. The molecule has 6 heteroatoms. The Morgan fingerprint density at radius 2 is 1.90 bits per heavy atom. The number of hydrogen-bond acceptors (Lipinski definition) is 4. The van der Waals surface area contributed by atoms with E-state index in [1.54, 1.807) is 0 Å². The number of fused-ring (bicyclic) bond motifs is 4. The first kappa shape index (κ1) is 19.5. The van der Waals surface area contributed by atoms with Gasteiger partial charge in [-0.2, -0.15) is 0 Å². The third-order valence-corrected chi connectivity index (χ3v) is 6.84. The molecule has 3 aromatic rings. The molecule has 0 unspecified atom stereocenters. The van der Waals surface area contributed by atoms with E-state index in [4.69, 9.17) is 4.74 Å². The minimum Gasteiger partial charge on any atom is -0.444 e. The predicted molar refractivity (Wildman–Crippen MR) is 122 cm³/mol. The number of nitrogens with zero attached hydrogens (tertiary/aromatic N) is 2. The second-order valence-electron chi connectivity index (χ2n) is 8.18. The lowest BCUT2D eigenvalue weighted by Crippen LogP contribution is -2.60. The first-order valence-electron chi connectivity index (χ1n) is 10.5. The molecule has 0 radical (unpaired) electrons. The summed E-state index contributed by atoms with van der Waals surface area (Å²) in [5.41, 5.74) is 2.93. The van der Waals surface area contributed by atoms with Gasteiger partial charge in [-0.25, -0.2) is 4.79 Å². The number of para-hydroxylation sites is 1. The van der Waals surface area contributed by atoms with Gasteiger partial charge in [0.1, 0.15) is 6.10 Å². The molecule has 1 amide bonds. The molecule has 0 spiro atoms. The number of nitrogens with one attached hydrogen (secondary N) is 1. The molecule has 0 saturated carbocycles. The highest BCUT2D eigenvalue weighted by molar-refractivity contribution is 9.10. The van der Waals surface area contributed by atoms with Gasteiger partial charge in [-0.1, -0.05) is 34.1 Å². The quantitative estimate of drug-likeness (QED) is 0.571. The van der Waals surface area contributed by atoms with Crippen LogP contribution < -0.4 is 5.32 Å². The summed E-state index contributed by atoms with van der Waals surface area (Å²) in [6, 6.07) is 18.1. The zero-order valence-corrected chi connectivity index (χ0v) is 18.2. The van der Waals surface area contributed by atoms with Crippen molar-refractivity contribution < 1.29 is 9.53 Å². The maximum atomic E-state index is 12.6. The molecule has 30 heavy (non-hydrogen) atoms. The minimum atomic E-state index is -0.377. The van der Waals surface area contributed by atoms with Crippen LogP contribution in [0.1, 0.15) is 18.4 Å². The number of rotatable bonds is 4. The predicted octanol–water partition coefficient (Wildman–Crippen LogP) is 5.25. The van der Waals surface area contributed by atoms with Crippen molar-refractivity contribution in [3.8, 4) is 0 Å². The first-order valence-corrected chi connectivity index (χ1v) is 11.3. The zero-order valence-electron chi connectivity index (χ0n) is 16.6. The van der Waals surface area contributed by atoms with E-state index in [9.17, 15) is 4.79 Å². The summed E-state index contributed by atoms with van der Waals surface area (Å²) < 4.78 is 6.98. The van der Waals surface area contributed by atoms with Gasteiger partial charge in [-0.3, -0.25) is 15.2 Å². The molecule has 154 valence electrons. The van der Waals surface area contributed by atoms with E-state index in [1.165, 1.54) is 5.56 Å². The molecule has 3 saturated heterocycles. The lowest BCUT2D eigenvalue weighted by molar-refractivity contribution is -0.0741. The lowest BCUT2D eigenvalue weighted by Gasteiger charge is -2.50. The van der Waals surface area contributed by atoms with Gasteiger partial charge in [0.2, 0.25) is 0 Å².